The molecule has 2 aliphatic carbocycles. The number of nitrogens with zero attached hydrogens (tertiary/aromatic N) is 4. The molecule has 3 heterocycles. The van der Waals surface area contributed by atoms with Gasteiger partial charge in [0.15, 0.2) is 5.13 Å². The average Bonchev–Trinajstić information content (AvgIpc) is 3.25. The van der Waals surface area contributed by atoms with Gasteiger partial charge in [-0.15, -0.1) is 11.3 Å². The monoisotopic (exact) mass is 356 g/mol. The van der Waals surface area contributed by atoms with Crippen LogP contribution >= 0.6 is 11.3 Å². The zero-order chi connectivity index (χ0) is 16.8. The fourth-order valence-electron chi connectivity index (χ4n) is 4.06. The fourth-order valence-corrected chi connectivity index (χ4v) is 5.26. The number of fused-ring (bicyclic) bond motifs is 1. The molecular formula is C19H24N4OS. The van der Waals surface area contributed by atoms with Crippen molar-refractivity contribution >= 4 is 16.5 Å². The minimum atomic E-state index is 0.0446. The van der Waals surface area contributed by atoms with Crippen LogP contribution in [0.4, 0.5) is 5.13 Å². The molecule has 1 saturated heterocycles. The Labute approximate surface area is 151 Å². The summed E-state index contributed by atoms with van der Waals surface area (Å²) >= 11 is 1.90. The molecule has 3 aliphatic rings. The highest BCUT2D eigenvalue weighted by Crippen LogP contribution is 2.38. The van der Waals surface area contributed by atoms with Crippen LogP contribution in [0.25, 0.3) is 0 Å². The number of piperidine rings is 1. The first-order valence-corrected chi connectivity index (χ1v) is 10.4. The van der Waals surface area contributed by atoms with E-state index in [4.69, 9.17) is 4.98 Å². The van der Waals surface area contributed by atoms with Gasteiger partial charge in [0.1, 0.15) is 0 Å². The summed E-state index contributed by atoms with van der Waals surface area (Å²) < 4.78 is 1.71. The molecule has 6 heteroatoms. The lowest BCUT2D eigenvalue weighted by Crippen LogP contribution is -2.37. The van der Waals surface area contributed by atoms with Crippen molar-refractivity contribution in [1.82, 2.24) is 14.8 Å². The van der Waals surface area contributed by atoms with Gasteiger partial charge in [0.05, 0.1) is 11.4 Å². The summed E-state index contributed by atoms with van der Waals surface area (Å²) in [4.78, 5) is 20.9. The molecule has 2 aromatic heterocycles. The highest BCUT2D eigenvalue weighted by molar-refractivity contribution is 7.15. The van der Waals surface area contributed by atoms with Crippen LogP contribution in [0.2, 0.25) is 0 Å². The number of aryl methyl sites for hydroxylation is 2. The Hall–Kier alpha value is -1.69. The van der Waals surface area contributed by atoms with Crippen molar-refractivity contribution in [2.24, 2.45) is 5.92 Å². The summed E-state index contributed by atoms with van der Waals surface area (Å²) in [6, 6.07) is 3.62. The van der Waals surface area contributed by atoms with Crippen LogP contribution < -0.4 is 10.5 Å². The highest BCUT2D eigenvalue weighted by atomic mass is 32.1. The Morgan fingerprint density at radius 2 is 1.96 bits per heavy atom. The topological polar surface area (TPSA) is 51.0 Å². The van der Waals surface area contributed by atoms with Gasteiger partial charge in [0.25, 0.3) is 5.56 Å². The molecule has 2 fully saturated rings. The zero-order valence-corrected chi connectivity index (χ0v) is 15.3. The Kier molecular flexibility index (Phi) is 3.88. The predicted molar refractivity (Wildman–Crippen MR) is 99.5 cm³/mol. The first kappa shape index (κ1) is 15.6. The van der Waals surface area contributed by atoms with E-state index in [0.717, 1.165) is 44.6 Å². The largest absolute Gasteiger partial charge is 0.348 e. The van der Waals surface area contributed by atoms with Gasteiger partial charge < -0.3 is 4.90 Å². The number of anilines is 1. The Balaban J connectivity index is 1.23. The van der Waals surface area contributed by atoms with Gasteiger partial charge in [-0.05, 0) is 56.9 Å². The lowest BCUT2D eigenvalue weighted by atomic mass is 9.97. The molecule has 132 valence electrons. The van der Waals surface area contributed by atoms with Crippen LogP contribution in [0, 0.1) is 5.92 Å². The number of thiazole rings is 1. The normalized spacial score (nSPS) is 20.9. The van der Waals surface area contributed by atoms with E-state index < -0.39 is 0 Å². The number of hydrogen-bond acceptors (Lipinski definition) is 5. The van der Waals surface area contributed by atoms with Gasteiger partial charge in [-0.1, -0.05) is 0 Å². The molecule has 0 N–H and O–H groups in total. The predicted octanol–water partition coefficient (Wildman–Crippen LogP) is 2.98. The van der Waals surface area contributed by atoms with Gasteiger partial charge in [-0.2, -0.15) is 5.10 Å². The maximum Gasteiger partial charge on any atom is 0.266 e. The van der Waals surface area contributed by atoms with Crippen LogP contribution in [0.1, 0.15) is 54.3 Å². The summed E-state index contributed by atoms with van der Waals surface area (Å²) in [5, 5.41) is 5.84. The van der Waals surface area contributed by atoms with Crippen molar-refractivity contribution in [2.75, 3.05) is 18.0 Å². The van der Waals surface area contributed by atoms with Crippen LogP contribution in [0.3, 0.4) is 0 Å². The third-order valence-corrected chi connectivity index (χ3v) is 7.00. The first-order chi connectivity index (χ1) is 12.3. The second-order valence-electron chi connectivity index (χ2n) is 7.70. The highest BCUT2D eigenvalue weighted by Gasteiger charge is 2.27. The molecule has 0 unspecified atom stereocenters. The quantitative estimate of drug-likeness (QED) is 0.845. The standard InChI is InChI=1S/C19H24N4OS/c24-18-7-6-15(14-4-5-14)21-23(18)12-13-8-10-22(11-9-13)19-20-16-2-1-3-17(16)25-19/h6-7,13-14H,1-5,8-12H2. The first-order valence-electron chi connectivity index (χ1n) is 9.58. The molecule has 25 heavy (non-hydrogen) atoms. The van der Waals surface area contributed by atoms with E-state index in [2.05, 4.69) is 10.00 Å². The SMILES string of the molecule is O=c1ccc(C2CC2)nn1CC1CCN(c2nc3c(s2)CCC3)CC1. The fraction of sp³-hybridized carbons (Fsp3) is 0.632. The molecule has 5 rings (SSSR count). The maximum absolute atomic E-state index is 12.1. The number of rotatable bonds is 4. The third kappa shape index (κ3) is 3.12. The van der Waals surface area contributed by atoms with Crippen molar-refractivity contribution in [3.63, 3.8) is 0 Å². The molecule has 0 aromatic carbocycles. The number of aromatic nitrogens is 3. The average molecular weight is 356 g/mol. The molecule has 1 saturated carbocycles. The minimum Gasteiger partial charge on any atom is -0.348 e. The van der Waals surface area contributed by atoms with E-state index in [0.29, 0.717) is 11.8 Å². The van der Waals surface area contributed by atoms with E-state index in [1.807, 2.05) is 17.4 Å². The van der Waals surface area contributed by atoms with Crippen molar-refractivity contribution in [1.29, 1.82) is 0 Å². The summed E-state index contributed by atoms with van der Waals surface area (Å²) in [6.45, 7) is 2.86. The van der Waals surface area contributed by atoms with Gasteiger partial charge in [0, 0.05) is 36.5 Å². The summed E-state index contributed by atoms with van der Waals surface area (Å²) in [7, 11) is 0. The molecule has 0 atom stereocenters. The van der Waals surface area contributed by atoms with Gasteiger partial charge in [-0.3, -0.25) is 4.79 Å². The zero-order valence-electron chi connectivity index (χ0n) is 14.5. The number of hydrogen-bond donors (Lipinski definition) is 0. The van der Waals surface area contributed by atoms with E-state index in [1.165, 1.54) is 41.4 Å². The molecule has 1 aliphatic heterocycles. The van der Waals surface area contributed by atoms with Crippen molar-refractivity contribution in [3.05, 3.63) is 38.8 Å². The second-order valence-corrected chi connectivity index (χ2v) is 8.77. The summed E-state index contributed by atoms with van der Waals surface area (Å²) in [5.41, 5.74) is 2.49. The Morgan fingerprint density at radius 3 is 2.72 bits per heavy atom. The van der Waals surface area contributed by atoms with Gasteiger partial charge in [-0.25, -0.2) is 9.67 Å². The molecule has 0 spiro atoms. The minimum absolute atomic E-state index is 0.0446. The molecule has 0 bridgehead atoms. The summed E-state index contributed by atoms with van der Waals surface area (Å²) in [5.74, 6) is 1.14. The van der Waals surface area contributed by atoms with Crippen molar-refractivity contribution in [3.8, 4) is 0 Å². The van der Waals surface area contributed by atoms with E-state index in [9.17, 15) is 4.79 Å². The molecule has 2 aromatic rings. The van der Waals surface area contributed by atoms with Gasteiger partial charge >= 0.3 is 0 Å². The maximum atomic E-state index is 12.1. The third-order valence-electron chi connectivity index (χ3n) is 5.78. The van der Waals surface area contributed by atoms with E-state index in [-0.39, 0.29) is 5.56 Å². The Bertz CT molecular complexity index is 809. The van der Waals surface area contributed by atoms with E-state index >= 15 is 0 Å². The van der Waals surface area contributed by atoms with Crippen LogP contribution in [0.5, 0.6) is 0 Å². The molecule has 0 amide bonds. The Morgan fingerprint density at radius 1 is 1.12 bits per heavy atom. The lowest BCUT2D eigenvalue weighted by Gasteiger charge is -2.31. The van der Waals surface area contributed by atoms with Crippen molar-refractivity contribution < 1.29 is 0 Å². The second kappa shape index (κ2) is 6.24. The molecular weight excluding hydrogens is 332 g/mol. The summed E-state index contributed by atoms with van der Waals surface area (Å²) in [6.07, 6.45) is 8.34. The van der Waals surface area contributed by atoms with Crippen LogP contribution in [-0.4, -0.2) is 27.9 Å². The van der Waals surface area contributed by atoms with Crippen molar-refractivity contribution in [2.45, 2.75) is 57.4 Å². The molecule has 5 nitrogen and oxygen atoms in total. The van der Waals surface area contributed by atoms with Crippen LogP contribution in [-0.2, 0) is 19.4 Å². The van der Waals surface area contributed by atoms with E-state index in [1.54, 1.807) is 10.7 Å². The smallest absolute Gasteiger partial charge is 0.266 e. The molecule has 0 radical (unpaired) electrons. The van der Waals surface area contributed by atoms with Crippen LogP contribution in [0.15, 0.2) is 16.9 Å². The lowest BCUT2D eigenvalue weighted by molar-refractivity contribution is 0.333. The van der Waals surface area contributed by atoms with Gasteiger partial charge in [0.2, 0.25) is 0 Å².